The summed E-state index contributed by atoms with van der Waals surface area (Å²) >= 11 is 1.64. The van der Waals surface area contributed by atoms with E-state index in [2.05, 4.69) is 18.1 Å². The first-order chi connectivity index (χ1) is 9.15. The molecule has 0 saturated carbocycles. The molecule has 19 heavy (non-hydrogen) atoms. The van der Waals surface area contributed by atoms with Crippen molar-refractivity contribution in [3.63, 3.8) is 0 Å². The van der Waals surface area contributed by atoms with E-state index in [4.69, 9.17) is 4.74 Å². The van der Waals surface area contributed by atoms with E-state index in [1.54, 1.807) is 22.5 Å². The number of aromatic nitrogens is 2. The van der Waals surface area contributed by atoms with Crippen LogP contribution in [0.5, 0.6) is 11.6 Å². The molecule has 0 aliphatic carbocycles. The van der Waals surface area contributed by atoms with Crippen LogP contribution >= 0.6 is 11.8 Å². The summed E-state index contributed by atoms with van der Waals surface area (Å²) in [6.07, 6.45) is 0. The minimum absolute atomic E-state index is 0.573. The lowest BCUT2D eigenvalue weighted by Crippen LogP contribution is -1.97. The molecule has 1 aromatic heterocycles. The molecule has 2 aromatic rings. The number of rotatable bonds is 4. The fourth-order valence-corrected chi connectivity index (χ4v) is 2.55. The van der Waals surface area contributed by atoms with Crippen molar-refractivity contribution in [2.75, 3.05) is 5.75 Å². The molecule has 0 saturated heterocycles. The van der Waals surface area contributed by atoms with Crippen LogP contribution < -0.4 is 4.74 Å². The Balaban J connectivity index is 2.38. The van der Waals surface area contributed by atoms with Gasteiger partial charge in [0.2, 0.25) is 5.88 Å². The molecule has 0 aliphatic heterocycles. The molecule has 1 aromatic carbocycles. The lowest BCUT2D eigenvalue weighted by molar-refractivity contribution is 0.428. The number of ether oxygens (including phenoxy) is 1. The third-order valence-corrected chi connectivity index (χ3v) is 3.51. The minimum Gasteiger partial charge on any atom is -0.438 e. The number of hydrogen-bond acceptors (Lipinski definition) is 4. The van der Waals surface area contributed by atoms with Crippen LogP contribution in [0, 0.1) is 18.3 Å². The van der Waals surface area contributed by atoms with E-state index < -0.39 is 0 Å². The highest BCUT2D eigenvalue weighted by Crippen LogP contribution is 2.32. The summed E-state index contributed by atoms with van der Waals surface area (Å²) in [5.74, 6) is 2.12. The van der Waals surface area contributed by atoms with Crippen molar-refractivity contribution in [1.29, 1.82) is 5.26 Å². The van der Waals surface area contributed by atoms with E-state index in [-0.39, 0.29) is 0 Å². The van der Waals surface area contributed by atoms with Crippen LogP contribution in [0.2, 0.25) is 0 Å². The number of nitriles is 1. The first kappa shape index (κ1) is 13.5. The number of benzene rings is 1. The second-order valence-electron chi connectivity index (χ2n) is 4.02. The zero-order chi connectivity index (χ0) is 13.8. The van der Waals surface area contributed by atoms with Gasteiger partial charge in [-0.2, -0.15) is 10.4 Å². The molecule has 0 fully saturated rings. The zero-order valence-electron chi connectivity index (χ0n) is 11.2. The summed E-state index contributed by atoms with van der Waals surface area (Å²) in [5.41, 5.74) is 1.46. The molecule has 5 heteroatoms. The van der Waals surface area contributed by atoms with Gasteiger partial charge >= 0.3 is 0 Å². The second kappa shape index (κ2) is 5.81. The van der Waals surface area contributed by atoms with Gasteiger partial charge in [0, 0.05) is 18.0 Å². The van der Waals surface area contributed by atoms with Crippen molar-refractivity contribution >= 4 is 11.8 Å². The monoisotopic (exact) mass is 273 g/mol. The molecular formula is C14H15N3OS. The lowest BCUT2D eigenvalue weighted by Gasteiger charge is -2.09. The van der Waals surface area contributed by atoms with Gasteiger partial charge in [0.25, 0.3) is 0 Å². The molecule has 0 unspecified atom stereocenters. The maximum absolute atomic E-state index is 9.31. The van der Waals surface area contributed by atoms with Gasteiger partial charge in [-0.3, -0.25) is 0 Å². The highest BCUT2D eigenvalue weighted by molar-refractivity contribution is 7.99. The van der Waals surface area contributed by atoms with Gasteiger partial charge < -0.3 is 4.74 Å². The quantitative estimate of drug-likeness (QED) is 0.800. The smallest absolute Gasteiger partial charge is 0.217 e. The van der Waals surface area contributed by atoms with Gasteiger partial charge in [0.05, 0.1) is 5.69 Å². The van der Waals surface area contributed by atoms with E-state index in [0.717, 1.165) is 16.3 Å². The molecule has 0 spiro atoms. The Morgan fingerprint density at radius 3 is 2.84 bits per heavy atom. The van der Waals surface area contributed by atoms with Crippen LogP contribution in [0.3, 0.4) is 0 Å². The Hall–Kier alpha value is -1.93. The standard InChI is InChI=1S/C14H15N3OS/c1-4-19-13-7-5-6-12(11(13)9-15)18-14-8-10(2)16-17(14)3/h5-8H,4H2,1-3H3. The van der Waals surface area contributed by atoms with E-state index >= 15 is 0 Å². The van der Waals surface area contributed by atoms with Crippen LogP contribution in [-0.2, 0) is 7.05 Å². The van der Waals surface area contributed by atoms with Crippen molar-refractivity contribution in [3.8, 4) is 17.7 Å². The Bertz CT molecular complexity index is 628. The topological polar surface area (TPSA) is 50.8 Å². The van der Waals surface area contributed by atoms with E-state index in [1.807, 2.05) is 32.2 Å². The van der Waals surface area contributed by atoms with E-state index in [0.29, 0.717) is 17.2 Å². The molecule has 98 valence electrons. The molecule has 2 rings (SSSR count). The van der Waals surface area contributed by atoms with Crippen molar-refractivity contribution < 1.29 is 4.74 Å². The van der Waals surface area contributed by atoms with Gasteiger partial charge in [0.15, 0.2) is 0 Å². The summed E-state index contributed by atoms with van der Waals surface area (Å²) in [6.45, 7) is 3.96. The van der Waals surface area contributed by atoms with E-state index in [1.165, 1.54) is 0 Å². The summed E-state index contributed by atoms with van der Waals surface area (Å²) in [5, 5.41) is 13.5. The zero-order valence-corrected chi connectivity index (χ0v) is 12.0. The molecule has 0 bridgehead atoms. The highest BCUT2D eigenvalue weighted by Gasteiger charge is 2.12. The molecule has 0 N–H and O–H groups in total. The first-order valence-electron chi connectivity index (χ1n) is 6.00. The molecule has 0 atom stereocenters. The average Bonchev–Trinajstić information content (AvgIpc) is 2.69. The van der Waals surface area contributed by atoms with Crippen molar-refractivity contribution in [2.45, 2.75) is 18.7 Å². The summed E-state index contributed by atoms with van der Waals surface area (Å²) in [4.78, 5) is 0.946. The average molecular weight is 273 g/mol. The molecule has 1 heterocycles. The third kappa shape index (κ3) is 2.91. The highest BCUT2D eigenvalue weighted by atomic mass is 32.2. The van der Waals surface area contributed by atoms with Gasteiger partial charge in [-0.05, 0) is 24.8 Å². The summed E-state index contributed by atoms with van der Waals surface area (Å²) in [6, 6.07) is 9.71. The number of nitrogens with zero attached hydrogens (tertiary/aromatic N) is 3. The van der Waals surface area contributed by atoms with Gasteiger partial charge in [0.1, 0.15) is 17.4 Å². The molecule has 0 amide bonds. The maximum atomic E-state index is 9.31. The van der Waals surface area contributed by atoms with Crippen molar-refractivity contribution in [3.05, 3.63) is 35.5 Å². The predicted molar refractivity (Wildman–Crippen MR) is 75.6 cm³/mol. The first-order valence-corrected chi connectivity index (χ1v) is 6.98. The third-order valence-electron chi connectivity index (χ3n) is 2.57. The van der Waals surface area contributed by atoms with Crippen LogP contribution in [0.25, 0.3) is 0 Å². The summed E-state index contributed by atoms with van der Waals surface area (Å²) in [7, 11) is 1.82. The van der Waals surface area contributed by atoms with Crippen LogP contribution in [0.1, 0.15) is 18.2 Å². The molecular weight excluding hydrogens is 258 g/mol. The molecule has 0 radical (unpaired) electrons. The van der Waals surface area contributed by atoms with Crippen LogP contribution in [-0.4, -0.2) is 15.5 Å². The fraction of sp³-hybridized carbons (Fsp3) is 0.286. The van der Waals surface area contributed by atoms with Crippen molar-refractivity contribution in [2.24, 2.45) is 7.05 Å². The Morgan fingerprint density at radius 1 is 1.47 bits per heavy atom. The SMILES string of the molecule is CCSc1cccc(Oc2cc(C)nn2C)c1C#N. The van der Waals surface area contributed by atoms with Gasteiger partial charge in [-0.1, -0.05) is 13.0 Å². The Kier molecular flexibility index (Phi) is 4.13. The number of hydrogen-bond donors (Lipinski definition) is 0. The van der Waals surface area contributed by atoms with Crippen molar-refractivity contribution in [1.82, 2.24) is 9.78 Å². The maximum Gasteiger partial charge on any atom is 0.217 e. The Labute approximate surface area is 117 Å². The fourth-order valence-electron chi connectivity index (χ4n) is 1.78. The largest absolute Gasteiger partial charge is 0.438 e. The van der Waals surface area contributed by atoms with Crippen LogP contribution in [0.4, 0.5) is 0 Å². The predicted octanol–water partition coefficient (Wildman–Crippen LogP) is 3.50. The minimum atomic E-state index is 0.573. The van der Waals surface area contributed by atoms with E-state index in [9.17, 15) is 5.26 Å². The normalized spacial score (nSPS) is 10.2. The van der Waals surface area contributed by atoms with Gasteiger partial charge in [-0.25, -0.2) is 4.68 Å². The molecule has 0 aliphatic rings. The Morgan fingerprint density at radius 2 is 2.26 bits per heavy atom. The van der Waals surface area contributed by atoms with Crippen LogP contribution in [0.15, 0.2) is 29.2 Å². The lowest BCUT2D eigenvalue weighted by atomic mass is 10.2. The molecule has 4 nitrogen and oxygen atoms in total. The summed E-state index contributed by atoms with van der Waals surface area (Å²) < 4.78 is 7.47. The van der Waals surface area contributed by atoms with Gasteiger partial charge in [-0.15, -0.1) is 11.8 Å². The number of aryl methyl sites for hydroxylation is 2. The number of thioether (sulfide) groups is 1. The second-order valence-corrected chi connectivity index (χ2v) is 5.33.